The smallest absolute Gasteiger partial charge is 0.0702 e. The Kier molecular flexibility index (Phi) is 8.60. The largest absolute Gasteiger partial charge is 0.256 e. The maximum atomic E-state index is 4.75. The summed E-state index contributed by atoms with van der Waals surface area (Å²) in [5, 5.41) is 2.53. The summed E-state index contributed by atoms with van der Waals surface area (Å²) >= 11 is 0. The second-order valence-corrected chi connectivity index (χ2v) is 17.5. The first-order chi connectivity index (χ1) is 32.2. The number of rotatable bonds is 6. The van der Waals surface area contributed by atoms with E-state index in [0.29, 0.717) is 0 Å². The van der Waals surface area contributed by atoms with Gasteiger partial charge in [-0.3, -0.25) is 9.97 Å². The third kappa shape index (κ3) is 5.88. The third-order valence-electron chi connectivity index (χ3n) is 14.1. The van der Waals surface area contributed by atoms with Crippen molar-refractivity contribution in [3.05, 3.63) is 259 Å². The van der Waals surface area contributed by atoms with Gasteiger partial charge in [0.2, 0.25) is 0 Å². The predicted molar refractivity (Wildman–Crippen MR) is 269 cm³/mol. The first-order valence-corrected chi connectivity index (χ1v) is 22.7. The van der Waals surface area contributed by atoms with Crippen LogP contribution in [0.1, 0.15) is 35.1 Å². The van der Waals surface area contributed by atoms with E-state index in [1.165, 1.54) is 88.7 Å². The summed E-state index contributed by atoms with van der Waals surface area (Å²) in [5.74, 6) is 0. The number of benzene rings is 8. The highest BCUT2D eigenvalue weighted by Crippen LogP contribution is 2.65. The van der Waals surface area contributed by atoms with E-state index in [4.69, 9.17) is 9.97 Å². The van der Waals surface area contributed by atoms with Gasteiger partial charge in [-0.1, -0.05) is 158 Å². The maximum Gasteiger partial charge on any atom is 0.0702 e. The SMILES string of the molecule is C1=CC2=C(CC1)C1(c3ccc(-c4ccc5ccccc5c4)cc32)c2ccccc2-c2c(-c3cccc(-c4ccccc4-c4cc(-c5ccccn5)cc(-c5ccccn5)c4)c3)cccc21. The minimum atomic E-state index is -0.368. The molecule has 1 atom stereocenters. The molecule has 65 heavy (non-hydrogen) atoms. The lowest BCUT2D eigenvalue weighted by atomic mass is 9.68. The number of allylic oxidation sites excluding steroid dienone is 4. The van der Waals surface area contributed by atoms with Crippen molar-refractivity contribution in [1.82, 2.24) is 9.97 Å². The Hall–Kier alpha value is -8.20. The van der Waals surface area contributed by atoms with Crippen molar-refractivity contribution >= 4 is 16.3 Å². The van der Waals surface area contributed by atoms with Crippen LogP contribution in [0.15, 0.2) is 236 Å². The minimum absolute atomic E-state index is 0.368. The summed E-state index contributed by atoms with van der Waals surface area (Å²) in [6.07, 6.45) is 10.6. The molecule has 2 aromatic heterocycles. The lowest BCUT2D eigenvalue weighted by molar-refractivity contribution is 0.714. The maximum absolute atomic E-state index is 4.75. The van der Waals surface area contributed by atoms with Crippen LogP contribution in [0.2, 0.25) is 0 Å². The lowest BCUT2D eigenvalue weighted by Gasteiger charge is -2.33. The zero-order chi connectivity index (χ0) is 42.9. The van der Waals surface area contributed by atoms with Crippen molar-refractivity contribution in [3.8, 4) is 78.1 Å². The number of hydrogen-bond donors (Lipinski definition) is 0. The van der Waals surface area contributed by atoms with Gasteiger partial charge < -0.3 is 0 Å². The highest BCUT2D eigenvalue weighted by atomic mass is 14.7. The van der Waals surface area contributed by atoms with Crippen LogP contribution in [0, 0.1) is 0 Å². The molecule has 1 spiro atoms. The molecule has 0 amide bonds. The highest BCUT2D eigenvalue weighted by molar-refractivity contribution is 6.02. The number of fused-ring (bicyclic) bond motifs is 10. The van der Waals surface area contributed by atoms with E-state index < -0.39 is 0 Å². The number of nitrogens with zero attached hydrogens (tertiary/aromatic N) is 2. The molecule has 0 radical (unpaired) electrons. The van der Waals surface area contributed by atoms with Crippen molar-refractivity contribution in [1.29, 1.82) is 0 Å². The fourth-order valence-electron chi connectivity index (χ4n) is 11.3. The number of hydrogen-bond acceptors (Lipinski definition) is 2. The molecule has 1 unspecified atom stereocenters. The second kappa shape index (κ2) is 15.0. The Labute approximate surface area is 379 Å². The monoisotopic (exact) mass is 826 g/mol. The molecule has 3 aliphatic carbocycles. The van der Waals surface area contributed by atoms with E-state index in [2.05, 4.69) is 194 Å². The van der Waals surface area contributed by atoms with Gasteiger partial charge in [-0.2, -0.15) is 0 Å². The van der Waals surface area contributed by atoms with E-state index in [0.717, 1.165) is 46.5 Å². The van der Waals surface area contributed by atoms with Crippen molar-refractivity contribution < 1.29 is 0 Å². The lowest BCUT2D eigenvalue weighted by Crippen LogP contribution is -2.27. The Morgan fingerprint density at radius 1 is 0.354 bits per heavy atom. The Balaban J connectivity index is 0.962. The van der Waals surface area contributed by atoms with Gasteiger partial charge in [0.1, 0.15) is 0 Å². The molecule has 0 saturated carbocycles. The molecular formula is C63H42N2. The summed E-state index contributed by atoms with van der Waals surface area (Å²) in [7, 11) is 0. The molecular weight excluding hydrogens is 785 g/mol. The Bertz CT molecular complexity index is 3540. The van der Waals surface area contributed by atoms with Crippen LogP contribution >= 0.6 is 0 Å². The zero-order valence-electron chi connectivity index (χ0n) is 35.7. The third-order valence-corrected chi connectivity index (χ3v) is 14.1. The van der Waals surface area contributed by atoms with Crippen LogP contribution in [0.25, 0.3) is 94.5 Å². The first-order valence-electron chi connectivity index (χ1n) is 22.7. The summed E-state index contributed by atoms with van der Waals surface area (Å²) in [6, 6.07) is 76.0. The molecule has 0 bridgehead atoms. The quantitative estimate of drug-likeness (QED) is 0.167. The fourth-order valence-corrected chi connectivity index (χ4v) is 11.3. The molecule has 8 aromatic carbocycles. The Morgan fingerprint density at radius 2 is 0.923 bits per heavy atom. The molecule has 2 heterocycles. The van der Waals surface area contributed by atoms with E-state index in [1.807, 2.05) is 36.7 Å². The van der Waals surface area contributed by atoms with E-state index in [9.17, 15) is 0 Å². The summed E-state index contributed by atoms with van der Waals surface area (Å²) < 4.78 is 0. The minimum Gasteiger partial charge on any atom is -0.256 e. The van der Waals surface area contributed by atoms with Crippen molar-refractivity contribution in [2.75, 3.05) is 0 Å². The molecule has 304 valence electrons. The highest BCUT2D eigenvalue weighted by Gasteiger charge is 2.53. The standard InChI is InChI=1S/C63H42N2/c1-2-16-42-35-43(30-29-41(42)15-1)44-31-32-58-55(40-44)53-21-5-7-24-56(53)63(58)57-25-8-6-22-54(57)62-52(23-14-26-59(62)63)46-18-13-17-45(36-46)50-19-3-4-20-51(50)47-37-48(60-27-9-11-33-64-60)39-49(38-47)61-28-10-12-34-65-61/h1-6,8-23,25-40H,7,24H2. The predicted octanol–water partition coefficient (Wildman–Crippen LogP) is 16.1. The number of pyridine rings is 2. The molecule has 0 saturated heterocycles. The van der Waals surface area contributed by atoms with Crippen molar-refractivity contribution in [3.63, 3.8) is 0 Å². The zero-order valence-corrected chi connectivity index (χ0v) is 35.7. The summed E-state index contributed by atoms with van der Waals surface area (Å²) in [5.41, 5.74) is 24.3. The van der Waals surface area contributed by atoms with Gasteiger partial charge in [0.25, 0.3) is 0 Å². The average Bonchev–Trinajstić information content (AvgIpc) is 3.86. The molecule has 2 nitrogen and oxygen atoms in total. The average molecular weight is 827 g/mol. The normalized spacial score (nSPS) is 15.5. The van der Waals surface area contributed by atoms with Crippen LogP contribution < -0.4 is 0 Å². The van der Waals surface area contributed by atoms with Crippen LogP contribution in [0.4, 0.5) is 0 Å². The van der Waals surface area contributed by atoms with E-state index in [-0.39, 0.29) is 5.41 Å². The van der Waals surface area contributed by atoms with Gasteiger partial charge in [-0.15, -0.1) is 0 Å². The second-order valence-electron chi connectivity index (χ2n) is 17.5. The molecule has 3 aliphatic rings. The molecule has 2 heteroatoms. The van der Waals surface area contributed by atoms with Crippen LogP contribution in [-0.4, -0.2) is 9.97 Å². The van der Waals surface area contributed by atoms with Gasteiger partial charge in [0.15, 0.2) is 0 Å². The topological polar surface area (TPSA) is 25.8 Å². The summed E-state index contributed by atoms with van der Waals surface area (Å²) in [6.45, 7) is 0. The van der Waals surface area contributed by atoms with E-state index in [1.54, 1.807) is 0 Å². The van der Waals surface area contributed by atoms with Gasteiger partial charge in [0, 0.05) is 23.5 Å². The van der Waals surface area contributed by atoms with Crippen LogP contribution in [0.5, 0.6) is 0 Å². The summed E-state index contributed by atoms with van der Waals surface area (Å²) in [4.78, 5) is 9.50. The van der Waals surface area contributed by atoms with Gasteiger partial charge >= 0.3 is 0 Å². The van der Waals surface area contributed by atoms with Gasteiger partial charge in [0.05, 0.1) is 16.8 Å². The van der Waals surface area contributed by atoms with E-state index >= 15 is 0 Å². The van der Waals surface area contributed by atoms with Gasteiger partial charge in [-0.25, -0.2) is 0 Å². The molecule has 0 N–H and O–H groups in total. The van der Waals surface area contributed by atoms with Crippen molar-refractivity contribution in [2.24, 2.45) is 0 Å². The van der Waals surface area contributed by atoms with Crippen LogP contribution in [0.3, 0.4) is 0 Å². The van der Waals surface area contributed by atoms with Crippen LogP contribution in [-0.2, 0) is 5.41 Å². The fraction of sp³-hybridized carbons (Fsp3) is 0.0476. The van der Waals surface area contributed by atoms with Gasteiger partial charge in [-0.05, 0) is 173 Å². The molecule has 13 rings (SSSR count). The van der Waals surface area contributed by atoms with Crippen molar-refractivity contribution in [2.45, 2.75) is 18.3 Å². The first kappa shape index (κ1) is 37.4. The number of aromatic nitrogens is 2. The Morgan fingerprint density at radius 3 is 1.69 bits per heavy atom. The molecule has 0 fully saturated rings. The molecule has 10 aromatic rings. The molecule has 0 aliphatic heterocycles.